The van der Waals surface area contributed by atoms with E-state index in [0.717, 1.165) is 29.8 Å². The summed E-state index contributed by atoms with van der Waals surface area (Å²) in [6.07, 6.45) is 2.52. The molecule has 5 heteroatoms. The monoisotopic (exact) mass is 439 g/mol. The van der Waals surface area contributed by atoms with Gasteiger partial charge >= 0.3 is 5.96 Å². The summed E-state index contributed by atoms with van der Waals surface area (Å²) < 4.78 is 0. The molecule has 120 valence electrons. The third kappa shape index (κ3) is 3.39. The van der Waals surface area contributed by atoms with E-state index >= 15 is 0 Å². The Hall–Kier alpha value is -1.11. The SMILES string of the molecule is Clc1ccc2c(c1)C(c1ccccc1)[NH2+]C(N1CCCC1)=N2.[I-]. The fraction of sp³-hybridized carbons (Fsp3) is 0.278. The van der Waals surface area contributed by atoms with Crippen molar-refractivity contribution in [3.63, 3.8) is 0 Å². The Kier molecular flexibility index (Phi) is 5.24. The molecule has 1 atom stereocenters. The zero-order valence-corrected chi connectivity index (χ0v) is 15.7. The van der Waals surface area contributed by atoms with E-state index in [1.807, 2.05) is 12.1 Å². The summed E-state index contributed by atoms with van der Waals surface area (Å²) in [4.78, 5) is 7.27. The molecular formula is C18H19ClIN3. The molecule has 0 bridgehead atoms. The van der Waals surface area contributed by atoms with Crippen LogP contribution in [0.5, 0.6) is 0 Å². The molecule has 2 aliphatic heterocycles. The zero-order chi connectivity index (χ0) is 14.9. The van der Waals surface area contributed by atoms with E-state index in [9.17, 15) is 0 Å². The highest BCUT2D eigenvalue weighted by Crippen LogP contribution is 2.33. The average Bonchev–Trinajstić information content (AvgIpc) is 3.09. The van der Waals surface area contributed by atoms with E-state index in [1.54, 1.807) is 0 Å². The highest BCUT2D eigenvalue weighted by atomic mass is 127. The van der Waals surface area contributed by atoms with Gasteiger partial charge in [-0.05, 0) is 31.0 Å². The molecule has 2 heterocycles. The smallest absolute Gasteiger partial charge is 0.302 e. The number of fused-ring (bicyclic) bond motifs is 1. The normalized spacial score (nSPS) is 19.8. The van der Waals surface area contributed by atoms with Crippen molar-refractivity contribution >= 4 is 23.2 Å². The van der Waals surface area contributed by atoms with Crippen molar-refractivity contribution in [2.45, 2.75) is 18.9 Å². The quantitative estimate of drug-likeness (QED) is 0.628. The molecule has 2 aromatic rings. The lowest BCUT2D eigenvalue weighted by Gasteiger charge is -2.27. The van der Waals surface area contributed by atoms with Crippen LogP contribution in [0.15, 0.2) is 53.5 Å². The Morgan fingerprint density at radius 3 is 2.52 bits per heavy atom. The largest absolute Gasteiger partial charge is 1.00 e. The lowest BCUT2D eigenvalue weighted by Crippen LogP contribution is -3.00. The molecule has 3 nitrogen and oxygen atoms in total. The van der Waals surface area contributed by atoms with Crippen molar-refractivity contribution < 1.29 is 29.3 Å². The van der Waals surface area contributed by atoms with Crippen molar-refractivity contribution in [3.8, 4) is 0 Å². The maximum absolute atomic E-state index is 6.22. The van der Waals surface area contributed by atoms with Crippen LogP contribution in [0.1, 0.15) is 30.0 Å². The molecule has 0 spiro atoms. The number of rotatable bonds is 1. The molecule has 2 aromatic carbocycles. The lowest BCUT2D eigenvalue weighted by molar-refractivity contribution is -0.587. The molecular weight excluding hydrogens is 421 g/mol. The molecule has 1 fully saturated rings. The summed E-state index contributed by atoms with van der Waals surface area (Å²) in [6.45, 7) is 2.22. The molecule has 1 unspecified atom stereocenters. The predicted octanol–water partition coefficient (Wildman–Crippen LogP) is 0.0937. The average molecular weight is 440 g/mol. The summed E-state index contributed by atoms with van der Waals surface area (Å²) in [5.41, 5.74) is 3.53. The number of nitrogens with two attached hydrogens (primary N) is 1. The van der Waals surface area contributed by atoms with Crippen LogP contribution >= 0.6 is 11.6 Å². The van der Waals surface area contributed by atoms with E-state index in [0.29, 0.717) is 0 Å². The number of aliphatic imine (C=N–C) groups is 1. The van der Waals surface area contributed by atoms with Crippen molar-refractivity contribution in [2.75, 3.05) is 13.1 Å². The van der Waals surface area contributed by atoms with Crippen LogP contribution in [-0.4, -0.2) is 23.9 Å². The summed E-state index contributed by atoms with van der Waals surface area (Å²) in [7, 11) is 0. The molecule has 0 radical (unpaired) electrons. The molecule has 4 rings (SSSR count). The third-order valence-electron chi connectivity index (χ3n) is 4.46. The van der Waals surface area contributed by atoms with Gasteiger partial charge in [0.25, 0.3) is 0 Å². The van der Waals surface area contributed by atoms with E-state index in [2.05, 4.69) is 46.6 Å². The Bertz CT molecular complexity index is 711. The number of nitrogens with zero attached hydrogens (tertiary/aromatic N) is 2. The molecule has 2 aliphatic rings. The number of guanidine groups is 1. The highest BCUT2D eigenvalue weighted by Gasteiger charge is 2.31. The van der Waals surface area contributed by atoms with Crippen LogP contribution in [0.2, 0.25) is 5.02 Å². The summed E-state index contributed by atoms with van der Waals surface area (Å²) in [5, 5.41) is 3.06. The van der Waals surface area contributed by atoms with Gasteiger partial charge in [0.05, 0.1) is 5.69 Å². The molecule has 0 aromatic heterocycles. The van der Waals surface area contributed by atoms with Crippen LogP contribution in [0.4, 0.5) is 5.69 Å². The van der Waals surface area contributed by atoms with Gasteiger partial charge in [-0.1, -0.05) is 41.9 Å². The number of quaternary nitrogens is 1. The number of benzene rings is 2. The van der Waals surface area contributed by atoms with E-state index in [-0.39, 0.29) is 30.0 Å². The Labute approximate surface area is 158 Å². The second-order valence-electron chi connectivity index (χ2n) is 5.92. The number of hydrogen-bond acceptors (Lipinski definition) is 2. The number of halogens is 2. The van der Waals surface area contributed by atoms with E-state index < -0.39 is 0 Å². The van der Waals surface area contributed by atoms with Gasteiger partial charge in [0.15, 0.2) is 0 Å². The van der Waals surface area contributed by atoms with E-state index in [1.165, 1.54) is 24.0 Å². The van der Waals surface area contributed by atoms with Crippen molar-refractivity contribution in [1.29, 1.82) is 0 Å². The van der Waals surface area contributed by atoms with Crippen molar-refractivity contribution in [2.24, 2.45) is 4.99 Å². The summed E-state index contributed by atoms with van der Waals surface area (Å²) in [5.74, 6) is 1.11. The number of likely N-dealkylation sites (tertiary alicyclic amines) is 1. The first kappa shape index (κ1) is 16.7. The minimum absolute atomic E-state index is 0. The molecule has 1 saturated heterocycles. The van der Waals surface area contributed by atoms with Crippen molar-refractivity contribution in [3.05, 3.63) is 64.7 Å². The van der Waals surface area contributed by atoms with Gasteiger partial charge in [0, 0.05) is 29.2 Å². The standard InChI is InChI=1S/C18H18ClN3.HI/c19-14-8-9-16-15(12-14)17(13-6-2-1-3-7-13)21-18(20-16)22-10-4-5-11-22;/h1-3,6-9,12,17H,4-5,10-11H2,(H,20,21);1H. The fourth-order valence-corrected chi connectivity index (χ4v) is 3.51. The highest BCUT2D eigenvalue weighted by molar-refractivity contribution is 6.30. The zero-order valence-electron chi connectivity index (χ0n) is 12.8. The molecule has 0 aliphatic carbocycles. The van der Waals surface area contributed by atoms with Gasteiger partial charge in [-0.15, -0.1) is 0 Å². The van der Waals surface area contributed by atoms with Crippen molar-refractivity contribution in [1.82, 2.24) is 4.90 Å². The predicted molar refractivity (Wildman–Crippen MR) is 89.6 cm³/mol. The molecule has 23 heavy (non-hydrogen) atoms. The van der Waals surface area contributed by atoms with E-state index in [4.69, 9.17) is 16.6 Å². The van der Waals surface area contributed by atoms with Crippen LogP contribution in [0, 0.1) is 0 Å². The van der Waals surface area contributed by atoms with Gasteiger partial charge in [-0.2, -0.15) is 4.99 Å². The third-order valence-corrected chi connectivity index (χ3v) is 4.70. The molecule has 0 saturated carbocycles. The van der Waals surface area contributed by atoms with Crippen LogP contribution in [0.3, 0.4) is 0 Å². The van der Waals surface area contributed by atoms with Gasteiger partial charge in [-0.25, -0.2) is 0 Å². The second-order valence-corrected chi connectivity index (χ2v) is 6.36. The summed E-state index contributed by atoms with van der Waals surface area (Å²) >= 11 is 6.22. The topological polar surface area (TPSA) is 32.2 Å². The van der Waals surface area contributed by atoms with Crippen LogP contribution in [-0.2, 0) is 0 Å². The van der Waals surface area contributed by atoms with Gasteiger partial charge in [0.2, 0.25) is 0 Å². The molecule has 0 amide bonds. The number of hydrogen-bond donors (Lipinski definition) is 1. The summed E-state index contributed by atoms with van der Waals surface area (Å²) in [6, 6.07) is 16.8. The van der Waals surface area contributed by atoms with Gasteiger partial charge < -0.3 is 28.9 Å². The first-order valence-corrected chi connectivity index (χ1v) is 8.22. The second kappa shape index (κ2) is 7.20. The maximum Gasteiger partial charge on any atom is 0.302 e. The first-order valence-electron chi connectivity index (χ1n) is 7.84. The minimum Gasteiger partial charge on any atom is -1.00 e. The Morgan fingerprint density at radius 2 is 1.78 bits per heavy atom. The van der Waals surface area contributed by atoms with Crippen LogP contribution in [0.25, 0.3) is 0 Å². The first-order chi connectivity index (χ1) is 10.8. The van der Waals surface area contributed by atoms with Gasteiger partial charge in [-0.3, -0.25) is 5.32 Å². The van der Waals surface area contributed by atoms with Gasteiger partial charge in [0.1, 0.15) is 6.04 Å². The van der Waals surface area contributed by atoms with Crippen LogP contribution < -0.4 is 29.3 Å². The Balaban J connectivity index is 0.00000156. The fourth-order valence-electron chi connectivity index (χ4n) is 3.33. The maximum atomic E-state index is 6.22. The Morgan fingerprint density at radius 1 is 1.04 bits per heavy atom. The lowest BCUT2D eigenvalue weighted by atomic mass is 9.96. The minimum atomic E-state index is 0. The molecule has 2 N–H and O–H groups in total.